The van der Waals surface area contributed by atoms with E-state index in [1.807, 2.05) is 13.8 Å². The van der Waals surface area contributed by atoms with Gasteiger partial charge in [0, 0.05) is 6.04 Å². The Kier molecular flexibility index (Phi) is 5.05. The van der Waals surface area contributed by atoms with Gasteiger partial charge in [0.1, 0.15) is 5.75 Å². The Morgan fingerprint density at radius 3 is 2.35 bits per heavy atom. The van der Waals surface area contributed by atoms with Crippen molar-refractivity contribution in [3.63, 3.8) is 0 Å². The molecular formula is C17H25NO2. The summed E-state index contributed by atoms with van der Waals surface area (Å²) in [5.41, 5.74) is 3.40. The van der Waals surface area contributed by atoms with Crippen LogP contribution in [-0.2, 0) is 4.79 Å². The molecule has 0 radical (unpaired) electrons. The molecule has 0 heterocycles. The van der Waals surface area contributed by atoms with E-state index in [2.05, 4.69) is 24.4 Å². The monoisotopic (exact) mass is 275 g/mol. The number of ether oxygens (including phenoxy) is 1. The zero-order valence-electron chi connectivity index (χ0n) is 12.8. The fourth-order valence-electron chi connectivity index (χ4n) is 3.05. The molecule has 1 saturated carbocycles. The van der Waals surface area contributed by atoms with Crippen LogP contribution in [0.15, 0.2) is 12.1 Å². The lowest BCUT2D eigenvalue weighted by Gasteiger charge is -2.23. The third kappa shape index (κ3) is 3.99. The van der Waals surface area contributed by atoms with Gasteiger partial charge in [-0.15, -0.1) is 0 Å². The Bertz CT molecular complexity index is 453. The first-order valence-corrected chi connectivity index (χ1v) is 7.56. The number of amides is 1. The highest BCUT2D eigenvalue weighted by atomic mass is 16.5. The average molecular weight is 275 g/mol. The molecule has 3 nitrogen and oxygen atoms in total. The fourth-order valence-corrected chi connectivity index (χ4v) is 3.05. The van der Waals surface area contributed by atoms with Crippen molar-refractivity contribution >= 4 is 5.91 Å². The minimum atomic E-state index is -0.00345. The predicted octanol–water partition coefficient (Wildman–Crippen LogP) is 3.44. The zero-order chi connectivity index (χ0) is 14.5. The van der Waals surface area contributed by atoms with Crippen molar-refractivity contribution in [2.75, 3.05) is 6.61 Å². The van der Waals surface area contributed by atoms with E-state index < -0.39 is 0 Å². The van der Waals surface area contributed by atoms with Crippen LogP contribution >= 0.6 is 0 Å². The third-order valence-electron chi connectivity index (χ3n) is 3.92. The van der Waals surface area contributed by atoms with Gasteiger partial charge in [-0.25, -0.2) is 0 Å². The highest BCUT2D eigenvalue weighted by Gasteiger charge is 2.16. The van der Waals surface area contributed by atoms with Crippen molar-refractivity contribution in [1.82, 2.24) is 5.32 Å². The lowest BCUT2D eigenvalue weighted by molar-refractivity contribution is -0.124. The van der Waals surface area contributed by atoms with Crippen LogP contribution in [0.5, 0.6) is 5.75 Å². The van der Waals surface area contributed by atoms with E-state index in [9.17, 15) is 4.79 Å². The molecule has 1 aromatic carbocycles. The first-order valence-electron chi connectivity index (χ1n) is 7.56. The average Bonchev–Trinajstić information content (AvgIpc) is 2.38. The molecule has 1 fully saturated rings. The van der Waals surface area contributed by atoms with Crippen LogP contribution in [0.1, 0.15) is 48.8 Å². The highest BCUT2D eigenvalue weighted by molar-refractivity contribution is 5.78. The number of aryl methyl sites for hydroxylation is 3. The second kappa shape index (κ2) is 6.78. The molecule has 1 aliphatic rings. The van der Waals surface area contributed by atoms with Gasteiger partial charge in [-0.1, -0.05) is 37.0 Å². The van der Waals surface area contributed by atoms with Crippen molar-refractivity contribution in [2.45, 2.75) is 58.9 Å². The lowest BCUT2D eigenvalue weighted by atomic mass is 9.95. The predicted molar refractivity (Wildman–Crippen MR) is 81.2 cm³/mol. The molecule has 0 saturated heterocycles. The molecular weight excluding hydrogens is 250 g/mol. The molecule has 0 bridgehead atoms. The van der Waals surface area contributed by atoms with Crippen LogP contribution in [0.4, 0.5) is 0 Å². The van der Waals surface area contributed by atoms with E-state index in [1.165, 1.54) is 24.8 Å². The largest absolute Gasteiger partial charge is 0.483 e. The maximum Gasteiger partial charge on any atom is 0.258 e. The second-order valence-corrected chi connectivity index (χ2v) is 5.92. The number of carbonyl (C=O) groups excluding carboxylic acids is 1. The van der Waals surface area contributed by atoms with E-state index in [0.717, 1.165) is 29.7 Å². The van der Waals surface area contributed by atoms with Crippen LogP contribution in [0.3, 0.4) is 0 Å². The maximum absolute atomic E-state index is 11.9. The topological polar surface area (TPSA) is 38.3 Å². The minimum absolute atomic E-state index is 0.00345. The molecule has 0 spiro atoms. The molecule has 20 heavy (non-hydrogen) atoms. The number of hydrogen-bond acceptors (Lipinski definition) is 2. The van der Waals surface area contributed by atoms with Crippen molar-refractivity contribution in [3.05, 3.63) is 28.8 Å². The Balaban J connectivity index is 1.87. The van der Waals surface area contributed by atoms with Crippen LogP contribution in [-0.4, -0.2) is 18.6 Å². The van der Waals surface area contributed by atoms with E-state index in [0.29, 0.717) is 6.04 Å². The second-order valence-electron chi connectivity index (χ2n) is 5.92. The SMILES string of the molecule is Cc1cc(C)c(OCC(=O)NC2CCCCC2)c(C)c1. The Labute approximate surface area is 121 Å². The molecule has 1 aromatic rings. The molecule has 1 N–H and O–H groups in total. The first kappa shape index (κ1) is 14.9. The van der Waals surface area contributed by atoms with Crippen LogP contribution in [0, 0.1) is 20.8 Å². The van der Waals surface area contributed by atoms with Gasteiger partial charge in [0.05, 0.1) is 0 Å². The molecule has 2 rings (SSSR count). The number of carbonyl (C=O) groups is 1. The van der Waals surface area contributed by atoms with Gasteiger partial charge in [0.2, 0.25) is 0 Å². The summed E-state index contributed by atoms with van der Waals surface area (Å²) in [6, 6.07) is 4.52. The van der Waals surface area contributed by atoms with Crippen molar-refractivity contribution in [2.24, 2.45) is 0 Å². The Hall–Kier alpha value is -1.51. The molecule has 0 atom stereocenters. The molecule has 0 aromatic heterocycles. The summed E-state index contributed by atoms with van der Waals surface area (Å²) >= 11 is 0. The van der Waals surface area contributed by atoms with Crippen LogP contribution in [0.25, 0.3) is 0 Å². The molecule has 0 unspecified atom stereocenters. The summed E-state index contributed by atoms with van der Waals surface area (Å²) in [6.07, 6.45) is 5.96. The zero-order valence-corrected chi connectivity index (χ0v) is 12.8. The normalized spacial score (nSPS) is 15.9. The lowest BCUT2D eigenvalue weighted by Crippen LogP contribution is -2.39. The van der Waals surface area contributed by atoms with Crippen molar-refractivity contribution < 1.29 is 9.53 Å². The molecule has 1 aliphatic carbocycles. The summed E-state index contributed by atoms with van der Waals surface area (Å²) in [5.74, 6) is 0.839. The number of rotatable bonds is 4. The minimum Gasteiger partial charge on any atom is -0.483 e. The van der Waals surface area contributed by atoms with Gasteiger partial charge in [-0.3, -0.25) is 4.79 Å². The summed E-state index contributed by atoms with van der Waals surface area (Å²) in [6.45, 7) is 6.23. The van der Waals surface area contributed by atoms with Crippen LogP contribution in [0.2, 0.25) is 0 Å². The number of nitrogens with one attached hydrogen (secondary N) is 1. The summed E-state index contributed by atoms with van der Waals surface area (Å²) in [7, 11) is 0. The Morgan fingerprint density at radius 2 is 1.75 bits per heavy atom. The van der Waals surface area contributed by atoms with Gasteiger partial charge in [0.25, 0.3) is 5.91 Å². The van der Waals surface area contributed by atoms with Gasteiger partial charge in [-0.2, -0.15) is 0 Å². The van der Waals surface area contributed by atoms with Gasteiger partial charge >= 0.3 is 0 Å². The van der Waals surface area contributed by atoms with Crippen LogP contribution < -0.4 is 10.1 Å². The molecule has 3 heteroatoms. The fraction of sp³-hybridized carbons (Fsp3) is 0.588. The summed E-state index contributed by atoms with van der Waals surface area (Å²) in [4.78, 5) is 11.9. The molecule has 1 amide bonds. The van der Waals surface area contributed by atoms with E-state index in [-0.39, 0.29) is 12.5 Å². The number of hydrogen-bond donors (Lipinski definition) is 1. The smallest absolute Gasteiger partial charge is 0.258 e. The third-order valence-corrected chi connectivity index (χ3v) is 3.92. The van der Waals surface area contributed by atoms with E-state index in [1.54, 1.807) is 0 Å². The van der Waals surface area contributed by atoms with Gasteiger partial charge in [-0.05, 0) is 44.7 Å². The maximum atomic E-state index is 11.9. The van der Waals surface area contributed by atoms with Crippen molar-refractivity contribution in [1.29, 1.82) is 0 Å². The Morgan fingerprint density at radius 1 is 1.15 bits per heavy atom. The van der Waals surface area contributed by atoms with Crippen molar-refractivity contribution in [3.8, 4) is 5.75 Å². The van der Waals surface area contributed by atoms with Gasteiger partial charge < -0.3 is 10.1 Å². The highest BCUT2D eigenvalue weighted by Crippen LogP contribution is 2.24. The summed E-state index contributed by atoms with van der Waals surface area (Å²) < 4.78 is 5.71. The summed E-state index contributed by atoms with van der Waals surface area (Å²) in [5, 5.41) is 3.08. The van der Waals surface area contributed by atoms with Gasteiger partial charge in [0.15, 0.2) is 6.61 Å². The van der Waals surface area contributed by atoms with E-state index in [4.69, 9.17) is 4.74 Å². The first-order chi connectivity index (χ1) is 9.56. The molecule has 0 aliphatic heterocycles. The standard InChI is InChI=1S/C17H25NO2/c1-12-9-13(2)17(14(3)10-12)20-11-16(19)18-15-7-5-4-6-8-15/h9-10,15H,4-8,11H2,1-3H3,(H,18,19). The van der Waals surface area contributed by atoms with E-state index >= 15 is 0 Å². The number of benzene rings is 1. The quantitative estimate of drug-likeness (QED) is 0.914. The molecule has 110 valence electrons.